The number of nitrogens with zero attached hydrogens (tertiary/aromatic N) is 3. The van der Waals surface area contributed by atoms with Crippen LogP contribution in [0.3, 0.4) is 0 Å². The van der Waals surface area contributed by atoms with Crippen LogP contribution in [0.25, 0.3) is 28.2 Å². The molecule has 0 fully saturated rings. The van der Waals surface area contributed by atoms with Crippen LogP contribution in [0.1, 0.15) is 0 Å². The highest BCUT2D eigenvalue weighted by Gasteiger charge is 2.13. The Morgan fingerprint density at radius 2 is 1.77 bits per heavy atom. The van der Waals surface area contributed by atoms with Crippen molar-refractivity contribution in [3.63, 3.8) is 0 Å². The quantitative estimate of drug-likeness (QED) is 0.613. The van der Waals surface area contributed by atoms with E-state index in [0.29, 0.717) is 22.8 Å². The predicted molar refractivity (Wildman–Crippen MR) is 97.6 cm³/mol. The van der Waals surface area contributed by atoms with Gasteiger partial charge in [-0.3, -0.25) is 14.9 Å². The molecule has 26 heavy (non-hydrogen) atoms. The van der Waals surface area contributed by atoms with Crippen molar-refractivity contribution in [3.8, 4) is 34.0 Å². The maximum absolute atomic E-state index is 12.5. The van der Waals surface area contributed by atoms with E-state index in [9.17, 15) is 4.79 Å². The fraction of sp³-hybridized carbons (Fsp3) is 0.105. The second-order valence-corrected chi connectivity index (χ2v) is 5.64. The number of ether oxygens (including phenoxy) is 2. The first-order chi connectivity index (χ1) is 12.7. The second-order valence-electron chi connectivity index (χ2n) is 5.64. The van der Waals surface area contributed by atoms with Crippen molar-refractivity contribution in [1.82, 2.24) is 19.6 Å². The van der Waals surface area contributed by atoms with Gasteiger partial charge in [-0.15, -0.1) is 0 Å². The van der Waals surface area contributed by atoms with E-state index in [-0.39, 0.29) is 5.56 Å². The van der Waals surface area contributed by atoms with Crippen LogP contribution < -0.4 is 15.0 Å². The molecule has 1 aromatic carbocycles. The SMILES string of the molecule is COc1cc(OC)cc(-c2cc(=O)n3[nH]cc(-c4ccccn4)c3n2)c1. The van der Waals surface area contributed by atoms with Gasteiger partial charge in [0.25, 0.3) is 5.56 Å². The summed E-state index contributed by atoms with van der Waals surface area (Å²) in [6, 6.07) is 12.5. The molecule has 0 saturated heterocycles. The van der Waals surface area contributed by atoms with E-state index in [1.807, 2.05) is 30.3 Å². The smallest absolute Gasteiger partial charge is 0.273 e. The lowest BCUT2D eigenvalue weighted by atomic mass is 10.1. The molecule has 0 saturated carbocycles. The Labute approximate surface area is 148 Å². The van der Waals surface area contributed by atoms with Crippen LogP contribution in [0.5, 0.6) is 11.5 Å². The van der Waals surface area contributed by atoms with E-state index in [2.05, 4.69) is 15.1 Å². The van der Waals surface area contributed by atoms with Crippen molar-refractivity contribution in [3.05, 3.63) is 65.2 Å². The topological polar surface area (TPSA) is 81.5 Å². The maximum Gasteiger partial charge on any atom is 0.273 e. The van der Waals surface area contributed by atoms with E-state index in [4.69, 9.17) is 9.47 Å². The van der Waals surface area contributed by atoms with Crippen LogP contribution in [0.4, 0.5) is 0 Å². The van der Waals surface area contributed by atoms with Gasteiger partial charge in [0.2, 0.25) is 0 Å². The van der Waals surface area contributed by atoms with Gasteiger partial charge in [0.1, 0.15) is 11.5 Å². The Hall–Kier alpha value is -3.61. The van der Waals surface area contributed by atoms with E-state index >= 15 is 0 Å². The van der Waals surface area contributed by atoms with Crippen molar-refractivity contribution in [2.24, 2.45) is 0 Å². The molecule has 4 rings (SSSR count). The summed E-state index contributed by atoms with van der Waals surface area (Å²) in [7, 11) is 3.16. The van der Waals surface area contributed by atoms with E-state index in [1.54, 1.807) is 32.7 Å². The monoisotopic (exact) mass is 348 g/mol. The summed E-state index contributed by atoms with van der Waals surface area (Å²) in [6.45, 7) is 0. The number of aromatic nitrogens is 4. The molecule has 130 valence electrons. The minimum absolute atomic E-state index is 0.214. The standard InChI is InChI=1S/C19H16N4O3/c1-25-13-7-12(8-14(9-13)26-2)17-10-18(24)23-19(22-17)15(11-21-23)16-5-3-4-6-20-16/h3-11,21H,1-2H3. The number of benzene rings is 1. The highest BCUT2D eigenvalue weighted by Crippen LogP contribution is 2.29. The molecule has 0 aliphatic rings. The van der Waals surface area contributed by atoms with Gasteiger partial charge in [0.15, 0.2) is 5.65 Å². The lowest BCUT2D eigenvalue weighted by Crippen LogP contribution is -2.14. The Bertz CT molecular complexity index is 1110. The highest BCUT2D eigenvalue weighted by molar-refractivity contribution is 5.76. The number of methoxy groups -OCH3 is 2. The van der Waals surface area contributed by atoms with Crippen molar-refractivity contribution < 1.29 is 9.47 Å². The summed E-state index contributed by atoms with van der Waals surface area (Å²) in [4.78, 5) is 21.6. The summed E-state index contributed by atoms with van der Waals surface area (Å²) in [6.07, 6.45) is 3.43. The predicted octanol–water partition coefficient (Wildman–Crippen LogP) is 2.77. The minimum atomic E-state index is -0.214. The van der Waals surface area contributed by atoms with Crippen LogP contribution in [-0.4, -0.2) is 33.8 Å². The van der Waals surface area contributed by atoms with Crippen molar-refractivity contribution in [2.75, 3.05) is 14.2 Å². The van der Waals surface area contributed by atoms with E-state index in [1.165, 1.54) is 10.6 Å². The molecule has 0 radical (unpaired) electrons. The molecular weight excluding hydrogens is 332 g/mol. The first-order valence-electron chi connectivity index (χ1n) is 7.95. The number of hydrogen-bond donors (Lipinski definition) is 1. The van der Waals surface area contributed by atoms with Gasteiger partial charge >= 0.3 is 0 Å². The van der Waals surface area contributed by atoms with Crippen LogP contribution >= 0.6 is 0 Å². The Balaban J connectivity index is 1.94. The van der Waals surface area contributed by atoms with E-state index < -0.39 is 0 Å². The average molecular weight is 348 g/mol. The van der Waals surface area contributed by atoms with Crippen LogP contribution in [0.2, 0.25) is 0 Å². The number of hydrogen-bond acceptors (Lipinski definition) is 5. The molecule has 3 aromatic heterocycles. The fourth-order valence-corrected chi connectivity index (χ4v) is 2.80. The molecule has 3 heterocycles. The van der Waals surface area contributed by atoms with Crippen molar-refractivity contribution in [2.45, 2.75) is 0 Å². The van der Waals surface area contributed by atoms with Crippen molar-refractivity contribution >= 4 is 5.65 Å². The number of rotatable bonds is 4. The number of nitrogens with one attached hydrogen (secondary N) is 1. The second kappa shape index (κ2) is 6.36. The zero-order chi connectivity index (χ0) is 18.1. The summed E-state index contributed by atoms with van der Waals surface area (Å²) in [5.74, 6) is 1.25. The molecule has 0 aliphatic heterocycles. The normalized spacial score (nSPS) is 10.8. The van der Waals surface area contributed by atoms with E-state index in [0.717, 1.165) is 16.8 Å². The van der Waals surface area contributed by atoms with Gasteiger partial charge in [-0.25, -0.2) is 9.50 Å². The fourth-order valence-electron chi connectivity index (χ4n) is 2.80. The third-order valence-electron chi connectivity index (χ3n) is 4.09. The van der Waals surface area contributed by atoms with Gasteiger partial charge in [0.05, 0.1) is 31.2 Å². The molecule has 0 unspecified atom stereocenters. The van der Waals surface area contributed by atoms with Gasteiger partial charge in [0, 0.05) is 30.1 Å². The van der Waals surface area contributed by atoms with Gasteiger partial charge in [-0.1, -0.05) is 6.07 Å². The molecule has 0 bridgehead atoms. The Kier molecular flexibility index (Phi) is 3.89. The molecule has 7 nitrogen and oxygen atoms in total. The van der Waals surface area contributed by atoms with Gasteiger partial charge in [-0.05, 0) is 24.3 Å². The highest BCUT2D eigenvalue weighted by atomic mass is 16.5. The van der Waals surface area contributed by atoms with Crippen molar-refractivity contribution in [1.29, 1.82) is 0 Å². The molecule has 0 amide bonds. The summed E-state index contributed by atoms with van der Waals surface area (Å²) < 4.78 is 12.0. The lowest BCUT2D eigenvalue weighted by Gasteiger charge is -2.08. The Morgan fingerprint density at radius 1 is 1.00 bits per heavy atom. The summed E-state index contributed by atoms with van der Waals surface area (Å²) >= 11 is 0. The van der Waals surface area contributed by atoms with Crippen LogP contribution in [0, 0.1) is 0 Å². The van der Waals surface area contributed by atoms with Gasteiger partial charge in [-0.2, -0.15) is 0 Å². The third kappa shape index (κ3) is 2.69. The first-order valence-corrected chi connectivity index (χ1v) is 7.95. The Morgan fingerprint density at radius 3 is 2.42 bits per heavy atom. The molecule has 7 heteroatoms. The van der Waals surface area contributed by atoms with Crippen LogP contribution in [-0.2, 0) is 0 Å². The lowest BCUT2D eigenvalue weighted by molar-refractivity contribution is 0.394. The molecule has 1 N–H and O–H groups in total. The summed E-state index contributed by atoms with van der Waals surface area (Å²) in [5, 5.41) is 2.93. The van der Waals surface area contributed by atoms with Gasteiger partial charge < -0.3 is 9.47 Å². The largest absolute Gasteiger partial charge is 0.497 e. The summed E-state index contributed by atoms with van der Waals surface area (Å²) in [5.41, 5.74) is 3.04. The zero-order valence-electron chi connectivity index (χ0n) is 14.3. The molecule has 4 aromatic rings. The minimum Gasteiger partial charge on any atom is -0.497 e. The first kappa shape index (κ1) is 15.9. The number of fused-ring (bicyclic) bond motifs is 1. The maximum atomic E-state index is 12.5. The average Bonchev–Trinajstić information content (AvgIpc) is 3.12. The number of pyridine rings is 1. The number of H-pyrrole nitrogens is 1. The third-order valence-corrected chi connectivity index (χ3v) is 4.09. The zero-order valence-corrected chi connectivity index (χ0v) is 14.3. The molecule has 0 atom stereocenters. The molecule has 0 spiro atoms. The molecule has 0 aliphatic carbocycles. The number of aromatic amines is 1. The molecular formula is C19H16N4O3. The van der Waals surface area contributed by atoms with Crippen LogP contribution in [0.15, 0.2) is 59.7 Å².